The van der Waals surface area contributed by atoms with Gasteiger partial charge in [0.1, 0.15) is 11.6 Å². The van der Waals surface area contributed by atoms with Crippen LogP contribution < -0.4 is 20.3 Å². The number of nitrogens with one attached hydrogen (secondary N) is 1. The first-order valence-electron chi connectivity index (χ1n) is 10.5. The van der Waals surface area contributed by atoms with Gasteiger partial charge in [0, 0.05) is 25.1 Å². The molecule has 9 heteroatoms. The van der Waals surface area contributed by atoms with Crippen LogP contribution in [0.15, 0.2) is 52.4 Å². The van der Waals surface area contributed by atoms with Crippen molar-refractivity contribution in [2.75, 3.05) is 19.0 Å². The normalized spacial score (nSPS) is 15.0. The summed E-state index contributed by atoms with van der Waals surface area (Å²) in [6.45, 7) is 2.32. The molecule has 1 aliphatic heterocycles. The van der Waals surface area contributed by atoms with Crippen molar-refractivity contribution in [1.29, 1.82) is 0 Å². The van der Waals surface area contributed by atoms with Gasteiger partial charge in [-0.1, -0.05) is 36.0 Å². The molecule has 2 heterocycles. The number of fused-ring (bicyclic) bond motifs is 1. The lowest BCUT2D eigenvalue weighted by Crippen LogP contribution is -2.33. The van der Waals surface area contributed by atoms with E-state index >= 15 is 0 Å². The Labute approximate surface area is 194 Å². The highest BCUT2D eigenvalue weighted by Gasteiger charge is 2.32. The van der Waals surface area contributed by atoms with Crippen LogP contribution in [0.4, 0.5) is 10.2 Å². The van der Waals surface area contributed by atoms with E-state index in [1.807, 2.05) is 13.0 Å². The number of rotatable bonds is 7. The predicted octanol–water partition coefficient (Wildman–Crippen LogP) is 4.09. The van der Waals surface area contributed by atoms with Crippen LogP contribution in [0.3, 0.4) is 0 Å². The summed E-state index contributed by atoms with van der Waals surface area (Å²) in [6, 6.07) is 11.9. The highest BCUT2D eigenvalue weighted by molar-refractivity contribution is 7.98. The molecule has 1 unspecified atom stereocenters. The zero-order valence-electron chi connectivity index (χ0n) is 18.6. The van der Waals surface area contributed by atoms with Crippen molar-refractivity contribution in [3.8, 4) is 11.5 Å². The Morgan fingerprint density at radius 2 is 2.00 bits per heavy atom. The van der Waals surface area contributed by atoms with Gasteiger partial charge in [-0.25, -0.2) is 4.39 Å². The maximum absolute atomic E-state index is 14.0. The van der Waals surface area contributed by atoms with Crippen LogP contribution in [0.5, 0.6) is 11.5 Å². The summed E-state index contributed by atoms with van der Waals surface area (Å²) in [5, 5.41) is 3.22. The number of carbonyl (C=O) groups is 1. The predicted molar refractivity (Wildman–Crippen MR) is 125 cm³/mol. The van der Waals surface area contributed by atoms with E-state index in [4.69, 9.17) is 9.47 Å². The van der Waals surface area contributed by atoms with Crippen molar-refractivity contribution in [3.63, 3.8) is 0 Å². The molecular formula is C24H24FN3O4S. The molecule has 33 heavy (non-hydrogen) atoms. The Morgan fingerprint density at radius 1 is 1.21 bits per heavy atom. The number of carbonyl (C=O) groups excluding carboxylic acids is 1. The van der Waals surface area contributed by atoms with E-state index in [1.165, 1.54) is 17.8 Å². The number of amides is 1. The molecule has 0 fully saturated rings. The maximum atomic E-state index is 14.0. The molecule has 1 aliphatic rings. The van der Waals surface area contributed by atoms with Crippen LogP contribution >= 0.6 is 11.8 Å². The number of thioether (sulfide) groups is 1. The minimum atomic E-state index is -0.476. The first kappa shape index (κ1) is 22.8. The molecule has 0 bridgehead atoms. The summed E-state index contributed by atoms with van der Waals surface area (Å²) in [5.74, 6) is 0.841. The van der Waals surface area contributed by atoms with Gasteiger partial charge in [-0.05, 0) is 36.2 Å². The third-order valence-electron chi connectivity index (χ3n) is 5.51. The fraction of sp³-hybridized carbons (Fsp3) is 0.292. The number of benzene rings is 2. The number of methoxy groups -OCH3 is 1. The van der Waals surface area contributed by atoms with Gasteiger partial charge in [-0.2, -0.15) is 4.98 Å². The minimum Gasteiger partial charge on any atom is -0.493 e. The number of ether oxygens (including phenoxy) is 2. The molecule has 4 rings (SSSR count). The maximum Gasteiger partial charge on any atom is 0.279 e. The molecule has 7 nitrogen and oxygen atoms in total. The molecule has 0 saturated heterocycles. The van der Waals surface area contributed by atoms with E-state index in [9.17, 15) is 14.0 Å². The van der Waals surface area contributed by atoms with E-state index in [0.29, 0.717) is 46.0 Å². The Kier molecular flexibility index (Phi) is 6.69. The second-order valence-electron chi connectivity index (χ2n) is 7.55. The lowest BCUT2D eigenvalue weighted by atomic mass is 9.86. The number of nitrogens with zero attached hydrogens (tertiary/aromatic N) is 2. The van der Waals surface area contributed by atoms with Crippen LogP contribution in [0.2, 0.25) is 0 Å². The first-order chi connectivity index (χ1) is 15.9. The number of halogens is 1. The van der Waals surface area contributed by atoms with Crippen molar-refractivity contribution >= 4 is 23.5 Å². The lowest BCUT2D eigenvalue weighted by Gasteiger charge is -2.28. The van der Waals surface area contributed by atoms with Gasteiger partial charge in [0.05, 0.1) is 19.3 Å². The molecular weight excluding hydrogens is 445 g/mol. The summed E-state index contributed by atoms with van der Waals surface area (Å²) in [6.07, 6.45) is 0.115. The molecule has 0 aliphatic carbocycles. The van der Waals surface area contributed by atoms with E-state index in [2.05, 4.69) is 10.3 Å². The number of anilines is 1. The van der Waals surface area contributed by atoms with E-state index in [0.717, 1.165) is 5.56 Å². The molecule has 1 aromatic heterocycles. The molecule has 3 aromatic rings. The van der Waals surface area contributed by atoms with Crippen molar-refractivity contribution < 1.29 is 18.7 Å². The van der Waals surface area contributed by atoms with Crippen LogP contribution in [0, 0.1) is 5.82 Å². The van der Waals surface area contributed by atoms with Gasteiger partial charge in [-0.15, -0.1) is 0 Å². The fourth-order valence-electron chi connectivity index (χ4n) is 3.89. The van der Waals surface area contributed by atoms with Crippen molar-refractivity contribution in [2.24, 2.45) is 7.05 Å². The summed E-state index contributed by atoms with van der Waals surface area (Å²) < 4.78 is 26.7. The van der Waals surface area contributed by atoms with E-state index < -0.39 is 11.5 Å². The fourth-order valence-corrected chi connectivity index (χ4v) is 4.84. The van der Waals surface area contributed by atoms with E-state index in [1.54, 1.807) is 49.1 Å². The topological polar surface area (TPSA) is 82.5 Å². The second kappa shape index (κ2) is 9.66. The molecule has 2 aromatic carbocycles. The van der Waals surface area contributed by atoms with Crippen molar-refractivity contribution in [1.82, 2.24) is 9.55 Å². The average molecular weight is 470 g/mol. The van der Waals surface area contributed by atoms with Gasteiger partial charge in [0.25, 0.3) is 5.56 Å². The third kappa shape index (κ3) is 4.59. The Bertz CT molecular complexity index is 1260. The van der Waals surface area contributed by atoms with Gasteiger partial charge in [0.15, 0.2) is 16.7 Å². The quantitative estimate of drug-likeness (QED) is 0.415. The molecule has 0 saturated carbocycles. The third-order valence-corrected chi connectivity index (χ3v) is 6.58. The van der Waals surface area contributed by atoms with Crippen LogP contribution in [0.25, 0.3) is 0 Å². The molecule has 0 radical (unpaired) electrons. The molecule has 1 N–H and O–H groups in total. The second-order valence-corrected chi connectivity index (χ2v) is 8.49. The number of hydrogen-bond donors (Lipinski definition) is 1. The first-order valence-corrected chi connectivity index (χ1v) is 11.5. The largest absolute Gasteiger partial charge is 0.493 e. The Balaban J connectivity index is 1.73. The molecule has 1 atom stereocenters. The molecule has 0 spiro atoms. The van der Waals surface area contributed by atoms with Crippen molar-refractivity contribution in [2.45, 2.75) is 30.2 Å². The van der Waals surface area contributed by atoms with Gasteiger partial charge in [-0.3, -0.25) is 9.59 Å². The minimum absolute atomic E-state index is 0.115. The van der Waals surface area contributed by atoms with Crippen LogP contribution in [-0.4, -0.2) is 29.2 Å². The van der Waals surface area contributed by atoms with Crippen LogP contribution in [-0.2, 0) is 17.6 Å². The number of aromatic nitrogens is 2. The smallest absolute Gasteiger partial charge is 0.279 e. The van der Waals surface area contributed by atoms with Crippen molar-refractivity contribution in [3.05, 3.63) is 75.3 Å². The Hall–Kier alpha value is -3.33. The standard InChI is InChI=1S/C24H24FN3O4S/c1-4-32-19-11-14(9-10-18(19)31-3)16-12-20(29)26-22-21(16)23(30)27-24(28(22)2)33-13-15-7-5-6-8-17(15)25/h5-11,16H,4,12-13H2,1-3H3,(H,26,29). The average Bonchev–Trinajstić information content (AvgIpc) is 2.81. The van der Waals surface area contributed by atoms with E-state index in [-0.39, 0.29) is 18.1 Å². The van der Waals surface area contributed by atoms with Gasteiger partial charge >= 0.3 is 0 Å². The highest BCUT2D eigenvalue weighted by atomic mass is 32.2. The summed E-state index contributed by atoms with van der Waals surface area (Å²) in [5.41, 5.74) is 1.27. The highest BCUT2D eigenvalue weighted by Crippen LogP contribution is 2.39. The van der Waals surface area contributed by atoms with Gasteiger partial charge in [0.2, 0.25) is 5.91 Å². The summed E-state index contributed by atoms with van der Waals surface area (Å²) >= 11 is 1.24. The lowest BCUT2D eigenvalue weighted by molar-refractivity contribution is -0.116. The van der Waals surface area contributed by atoms with Crippen LogP contribution in [0.1, 0.15) is 36.0 Å². The van der Waals surface area contributed by atoms with Gasteiger partial charge < -0.3 is 19.4 Å². The Morgan fingerprint density at radius 3 is 2.73 bits per heavy atom. The monoisotopic (exact) mass is 469 g/mol. The zero-order valence-corrected chi connectivity index (χ0v) is 19.4. The summed E-state index contributed by atoms with van der Waals surface area (Å²) in [7, 11) is 3.29. The zero-order chi connectivity index (χ0) is 23.5. The molecule has 1 amide bonds. The summed E-state index contributed by atoms with van der Waals surface area (Å²) in [4.78, 5) is 30.0. The number of hydrogen-bond acceptors (Lipinski definition) is 6. The SMILES string of the molecule is CCOc1cc(C2CC(=O)Nc3c2c(=O)nc(SCc2ccccc2F)n3C)ccc1OC. The molecule has 172 valence electrons.